The van der Waals surface area contributed by atoms with Crippen molar-refractivity contribution in [1.82, 2.24) is 5.16 Å². The van der Waals surface area contributed by atoms with Crippen LogP contribution in [0.2, 0.25) is 0 Å². The zero-order valence-electron chi connectivity index (χ0n) is 11.8. The van der Waals surface area contributed by atoms with E-state index in [-0.39, 0.29) is 10.8 Å². The van der Waals surface area contributed by atoms with Gasteiger partial charge in [0, 0.05) is 11.3 Å². The van der Waals surface area contributed by atoms with Gasteiger partial charge in [0.05, 0.1) is 10.6 Å². The Hall–Kier alpha value is -2.02. The molecule has 0 fully saturated rings. The number of nitrogen functional groups attached to an aromatic ring is 1. The fourth-order valence-electron chi connectivity index (χ4n) is 1.94. The highest BCUT2D eigenvalue weighted by atomic mass is 32.2. The lowest BCUT2D eigenvalue weighted by Gasteiger charge is -2.13. The number of rotatable bonds is 3. The predicted octanol–water partition coefficient (Wildman–Crippen LogP) is 2.29. The summed E-state index contributed by atoms with van der Waals surface area (Å²) in [6.45, 7) is 6.88. The third kappa shape index (κ3) is 2.36. The Bertz CT molecular complexity index is 763. The van der Waals surface area contributed by atoms with E-state index >= 15 is 0 Å². The minimum Gasteiger partial charge on any atom is -0.398 e. The van der Waals surface area contributed by atoms with Crippen LogP contribution in [-0.4, -0.2) is 13.6 Å². The Kier molecular flexibility index (Phi) is 3.47. The highest BCUT2D eigenvalue weighted by molar-refractivity contribution is 7.92. The minimum absolute atomic E-state index is 0.128. The van der Waals surface area contributed by atoms with Crippen molar-refractivity contribution < 1.29 is 12.9 Å². The molecule has 0 saturated carbocycles. The molecule has 20 heavy (non-hydrogen) atoms. The van der Waals surface area contributed by atoms with Crippen molar-refractivity contribution in [3.05, 3.63) is 34.5 Å². The molecule has 2 rings (SSSR count). The zero-order valence-corrected chi connectivity index (χ0v) is 12.6. The largest absolute Gasteiger partial charge is 0.398 e. The van der Waals surface area contributed by atoms with Crippen molar-refractivity contribution >= 4 is 21.6 Å². The first-order valence-electron chi connectivity index (χ1n) is 6.05. The van der Waals surface area contributed by atoms with Crippen molar-refractivity contribution in [3.8, 4) is 0 Å². The summed E-state index contributed by atoms with van der Waals surface area (Å²) in [5, 5.41) is 3.73. The van der Waals surface area contributed by atoms with E-state index in [1.807, 2.05) is 0 Å². The summed E-state index contributed by atoms with van der Waals surface area (Å²) >= 11 is 0. The van der Waals surface area contributed by atoms with Crippen molar-refractivity contribution in [2.24, 2.45) is 0 Å². The summed E-state index contributed by atoms with van der Waals surface area (Å²) < 4.78 is 32.4. The molecule has 0 atom stereocenters. The van der Waals surface area contributed by atoms with Crippen LogP contribution < -0.4 is 10.5 Å². The molecule has 1 aromatic heterocycles. The molecule has 0 unspecified atom stereocenters. The summed E-state index contributed by atoms with van der Waals surface area (Å²) in [5.41, 5.74) is 8.66. The van der Waals surface area contributed by atoms with Gasteiger partial charge in [-0.1, -0.05) is 11.2 Å². The number of sulfonamides is 1. The van der Waals surface area contributed by atoms with Gasteiger partial charge in [0.25, 0.3) is 10.0 Å². The molecule has 0 aliphatic carbocycles. The standard InChI is InChI=1S/C13H17N3O3S/c1-7-5-6-11(14)9(3)12(7)20(17,18)16-13-8(2)10(4)15-19-13/h5-6,16H,14H2,1-4H3. The van der Waals surface area contributed by atoms with E-state index in [0.29, 0.717) is 28.1 Å². The first kappa shape index (κ1) is 14.4. The first-order valence-corrected chi connectivity index (χ1v) is 7.53. The van der Waals surface area contributed by atoms with E-state index in [1.165, 1.54) is 0 Å². The second kappa shape index (κ2) is 4.82. The number of hydrogen-bond acceptors (Lipinski definition) is 5. The molecule has 2 aromatic rings. The van der Waals surface area contributed by atoms with Crippen LogP contribution in [0.15, 0.2) is 21.6 Å². The second-order valence-electron chi connectivity index (χ2n) is 4.75. The van der Waals surface area contributed by atoms with E-state index in [4.69, 9.17) is 10.3 Å². The molecule has 1 aromatic carbocycles. The summed E-state index contributed by atoms with van der Waals surface area (Å²) in [6, 6.07) is 3.36. The van der Waals surface area contributed by atoms with Crippen LogP contribution >= 0.6 is 0 Å². The molecule has 0 aliphatic rings. The molecule has 0 spiro atoms. The lowest BCUT2D eigenvalue weighted by molar-refractivity contribution is 0.430. The van der Waals surface area contributed by atoms with Crippen LogP contribution in [0.3, 0.4) is 0 Å². The third-order valence-corrected chi connectivity index (χ3v) is 4.92. The first-order chi connectivity index (χ1) is 9.24. The van der Waals surface area contributed by atoms with Crippen LogP contribution in [0.4, 0.5) is 11.6 Å². The van der Waals surface area contributed by atoms with Crippen LogP contribution in [-0.2, 0) is 10.0 Å². The van der Waals surface area contributed by atoms with E-state index < -0.39 is 10.0 Å². The van der Waals surface area contributed by atoms with Gasteiger partial charge in [0.2, 0.25) is 5.88 Å². The maximum Gasteiger partial charge on any atom is 0.264 e. The number of aryl methyl sites for hydroxylation is 2. The van der Waals surface area contributed by atoms with Crippen LogP contribution in [0.25, 0.3) is 0 Å². The summed E-state index contributed by atoms with van der Waals surface area (Å²) in [4.78, 5) is 0.172. The zero-order chi connectivity index (χ0) is 15.1. The van der Waals surface area contributed by atoms with Gasteiger partial charge in [-0.25, -0.2) is 13.1 Å². The topological polar surface area (TPSA) is 98.2 Å². The van der Waals surface area contributed by atoms with Gasteiger partial charge in [-0.15, -0.1) is 0 Å². The molecule has 0 radical (unpaired) electrons. The van der Waals surface area contributed by atoms with Gasteiger partial charge in [0.1, 0.15) is 0 Å². The smallest absolute Gasteiger partial charge is 0.264 e. The van der Waals surface area contributed by atoms with Crippen LogP contribution in [0.1, 0.15) is 22.4 Å². The van der Waals surface area contributed by atoms with E-state index in [0.717, 1.165) is 0 Å². The lowest BCUT2D eigenvalue weighted by atomic mass is 10.1. The minimum atomic E-state index is -3.77. The Morgan fingerprint density at radius 3 is 2.35 bits per heavy atom. The Morgan fingerprint density at radius 2 is 1.80 bits per heavy atom. The highest BCUT2D eigenvalue weighted by Crippen LogP contribution is 2.28. The molecule has 0 bridgehead atoms. The summed E-state index contributed by atoms with van der Waals surface area (Å²) in [6.07, 6.45) is 0. The number of hydrogen-bond donors (Lipinski definition) is 2. The second-order valence-corrected chi connectivity index (χ2v) is 6.37. The molecule has 0 amide bonds. The SMILES string of the molecule is Cc1ccc(N)c(C)c1S(=O)(=O)Nc1onc(C)c1C. The maximum absolute atomic E-state index is 12.5. The van der Waals surface area contributed by atoms with Gasteiger partial charge in [-0.05, 0) is 44.9 Å². The molecule has 3 N–H and O–H groups in total. The van der Waals surface area contributed by atoms with Crippen LogP contribution in [0, 0.1) is 27.7 Å². The average Bonchev–Trinajstić information content (AvgIpc) is 2.65. The quantitative estimate of drug-likeness (QED) is 0.846. The third-order valence-electron chi connectivity index (χ3n) is 3.30. The van der Waals surface area contributed by atoms with Gasteiger partial charge in [0.15, 0.2) is 0 Å². The Balaban J connectivity index is 2.52. The monoisotopic (exact) mass is 295 g/mol. The molecule has 108 valence electrons. The molecule has 1 heterocycles. The van der Waals surface area contributed by atoms with Gasteiger partial charge >= 0.3 is 0 Å². The lowest BCUT2D eigenvalue weighted by Crippen LogP contribution is -2.16. The van der Waals surface area contributed by atoms with Crippen molar-refractivity contribution in [1.29, 1.82) is 0 Å². The number of nitrogens with two attached hydrogens (primary N) is 1. The van der Waals surface area contributed by atoms with Gasteiger partial charge in [-0.3, -0.25) is 0 Å². The van der Waals surface area contributed by atoms with E-state index in [9.17, 15) is 8.42 Å². The number of anilines is 2. The fraction of sp³-hybridized carbons (Fsp3) is 0.308. The fourth-order valence-corrected chi connectivity index (χ4v) is 3.49. The molecule has 0 saturated heterocycles. The molecule has 6 nitrogen and oxygen atoms in total. The molecule has 0 aliphatic heterocycles. The number of benzene rings is 1. The summed E-state index contributed by atoms with van der Waals surface area (Å²) in [5.74, 6) is 0.128. The molecular formula is C13H17N3O3S. The molecule has 7 heteroatoms. The maximum atomic E-state index is 12.5. The normalized spacial score (nSPS) is 11.6. The van der Waals surface area contributed by atoms with Crippen molar-refractivity contribution in [2.75, 3.05) is 10.5 Å². The number of nitrogens with zero attached hydrogens (tertiary/aromatic N) is 1. The Labute approximate surface area is 118 Å². The Morgan fingerprint density at radius 1 is 1.15 bits per heavy atom. The highest BCUT2D eigenvalue weighted by Gasteiger charge is 2.23. The van der Waals surface area contributed by atoms with Crippen LogP contribution in [0.5, 0.6) is 0 Å². The number of nitrogens with one attached hydrogen (secondary N) is 1. The van der Waals surface area contributed by atoms with Crippen molar-refractivity contribution in [2.45, 2.75) is 32.6 Å². The van der Waals surface area contributed by atoms with E-state index in [1.54, 1.807) is 39.8 Å². The van der Waals surface area contributed by atoms with Crippen molar-refractivity contribution in [3.63, 3.8) is 0 Å². The average molecular weight is 295 g/mol. The van der Waals surface area contributed by atoms with Gasteiger partial charge in [-0.2, -0.15) is 0 Å². The number of aromatic nitrogens is 1. The van der Waals surface area contributed by atoms with E-state index in [2.05, 4.69) is 9.88 Å². The summed E-state index contributed by atoms with van der Waals surface area (Å²) in [7, 11) is -3.77. The van der Waals surface area contributed by atoms with Gasteiger partial charge < -0.3 is 10.3 Å². The molecular weight excluding hydrogens is 278 g/mol. The predicted molar refractivity (Wildman–Crippen MR) is 77.1 cm³/mol.